The molecular formula is C47H43NS. The highest BCUT2D eigenvalue weighted by Crippen LogP contribution is 2.56. The summed E-state index contributed by atoms with van der Waals surface area (Å²) in [7, 11) is 0. The van der Waals surface area contributed by atoms with Gasteiger partial charge in [0.25, 0.3) is 0 Å². The van der Waals surface area contributed by atoms with E-state index in [2.05, 4.69) is 174 Å². The molecular weight excluding hydrogens is 611 g/mol. The summed E-state index contributed by atoms with van der Waals surface area (Å²) in [6.07, 6.45) is 2.37. The fraction of sp³-hybridized carbons (Fsp3) is 0.234. The van der Waals surface area contributed by atoms with Gasteiger partial charge in [0.05, 0.1) is 5.69 Å². The van der Waals surface area contributed by atoms with Gasteiger partial charge in [-0.15, -0.1) is 11.3 Å². The Morgan fingerprint density at radius 2 is 1.14 bits per heavy atom. The minimum Gasteiger partial charge on any atom is -0.310 e. The summed E-state index contributed by atoms with van der Waals surface area (Å²) in [5, 5.41) is 2.64. The van der Waals surface area contributed by atoms with Crippen molar-refractivity contribution in [1.82, 2.24) is 0 Å². The molecule has 2 heteroatoms. The van der Waals surface area contributed by atoms with Gasteiger partial charge in [0.2, 0.25) is 0 Å². The lowest BCUT2D eigenvalue weighted by Crippen LogP contribution is -2.34. The van der Waals surface area contributed by atoms with Crippen LogP contribution in [0.25, 0.3) is 42.4 Å². The lowest BCUT2D eigenvalue weighted by molar-refractivity contribution is 0.333. The average molecular weight is 654 g/mol. The predicted octanol–water partition coefficient (Wildman–Crippen LogP) is 13.8. The van der Waals surface area contributed by atoms with Crippen LogP contribution in [0.4, 0.5) is 17.1 Å². The summed E-state index contributed by atoms with van der Waals surface area (Å²) in [5.41, 5.74) is 14.8. The molecule has 0 N–H and O–H groups in total. The number of fused-ring (bicyclic) bond motifs is 7. The molecule has 1 aromatic heterocycles. The molecule has 7 aromatic rings. The largest absolute Gasteiger partial charge is 0.310 e. The van der Waals surface area contributed by atoms with Crippen molar-refractivity contribution in [2.24, 2.45) is 0 Å². The Balaban J connectivity index is 1.39. The maximum Gasteiger partial charge on any atom is 0.0543 e. The molecule has 1 nitrogen and oxygen atoms in total. The highest BCUT2D eigenvalue weighted by atomic mass is 32.1. The SMILES string of the molecule is CC1(C)CCC(C)(C)c2c(-c3cc4c(cc3N(c3ccccc3)c3ccc5sc6ccccc6c5c3)C(C)(C)c3ccccc3-4)cccc21. The second-order valence-corrected chi connectivity index (χ2v) is 17.1. The summed E-state index contributed by atoms with van der Waals surface area (Å²) < 4.78 is 2.66. The molecule has 0 aliphatic heterocycles. The van der Waals surface area contributed by atoms with E-state index in [0.29, 0.717) is 0 Å². The van der Waals surface area contributed by atoms with E-state index in [9.17, 15) is 0 Å². The van der Waals surface area contributed by atoms with Crippen molar-refractivity contribution in [3.05, 3.63) is 150 Å². The van der Waals surface area contributed by atoms with Crippen LogP contribution in [0.1, 0.15) is 76.6 Å². The van der Waals surface area contributed by atoms with E-state index in [1.807, 2.05) is 11.3 Å². The Morgan fingerprint density at radius 1 is 0.469 bits per heavy atom. The van der Waals surface area contributed by atoms with Crippen LogP contribution < -0.4 is 4.90 Å². The number of benzene rings is 6. The van der Waals surface area contributed by atoms with Crippen LogP contribution in [-0.2, 0) is 16.2 Å². The van der Waals surface area contributed by atoms with E-state index in [-0.39, 0.29) is 16.2 Å². The van der Waals surface area contributed by atoms with Gasteiger partial charge in [-0.2, -0.15) is 0 Å². The van der Waals surface area contributed by atoms with Gasteiger partial charge >= 0.3 is 0 Å². The van der Waals surface area contributed by atoms with Gasteiger partial charge in [-0.1, -0.05) is 120 Å². The van der Waals surface area contributed by atoms with Crippen molar-refractivity contribution in [2.75, 3.05) is 4.90 Å². The summed E-state index contributed by atoms with van der Waals surface area (Å²) in [4.78, 5) is 2.53. The van der Waals surface area contributed by atoms with Crippen LogP contribution in [0, 0.1) is 0 Å². The van der Waals surface area contributed by atoms with E-state index >= 15 is 0 Å². The maximum absolute atomic E-state index is 2.54. The fourth-order valence-electron chi connectivity index (χ4n) is 8.95. The zero-order valence-electron chi connectivity index (χ0n) is 29.4. The lowest BCUT2D eigenvalue weighted by Gasteiger charge is -2.43. The molecule has 2 aliphatic rings. The van der Waals surface area contributed by atoms with Crippen LogP contribution in [0.3, 0.4) is 0 Å². The van der Waals surface area contributed by atoms with Gasteiger partial charge in [-0.05, 0) is 111 Å². The van der Waals surface area contributed by atoms with Crippen molar-refractivity contribution in [2.45, 2.75) is 70.6 Å². The molecule has 0 bridgehead atoms. The van der Waals surface area contributed by atoms with E-state index in [4.69, 9.17) is 0 Å². The minimum absolute atomic E-state index is 0.0565. The summed E-state index contributed by atoms with van der Waals surface area (Å²) >= 11 is 1.88. The first-order valence-electron chi connectivity index (χ1n) is 17.7. The van der Waals surface area contributed by atoms with Crippen molar-refractivity contribution >= 4 is 48.6 Å². The standard InChI is InChI=1S/C47H43NS/c1-45(2)25-26-46(3,4)44-34(19-14-21-39(44)45)36-28-35-32-17-10-12-20-38(32)47(5,6)40(35)29-41(36)48(30-15-8-7-9-16-30)31-23-24-43-37(27-31)33-18-11-13-22-42(33)49-43/h7-24,27-29H,25-26H2,1-6H3. The van der Waals surface area contributed by atoms with Crippen LogP contribution >= 0.6 is 11.3 Å². The zero-order chi connectivity index (χ0) is 33.7. The van der Waals surface area contributed by atoms with Gasteiger partial charge in [0.1, 0.15) is 0 Å². The maximum atomic E-state index is 2.54. The fourth-order valence-corrected chi connectivity index (χ4v) is 10.0. The number of nitrogens with zero attached hydrogens (tertiary/aromatic N) is 1. The van der Waals surface area contributed by atoms with Crippen molar-refractivity contribution in [3.63, 3.8) is 0 Å². The first kappa shape index (κ1) is 30.4. The van der Waals surface area contributed by atoms with Crippen LogP contribution in [0.2, 0.25) is 0 Å². The average Bonchev–Trinajstić information content (AvgIpc) is 3.58. The quantitative estimate of drug-likeness (QED) is 0.183. The molecule has 0 fully saturated rings. The molecule has 0 amide bonds. The summed E-state index contributed by atoms with van der Waals surface area (Å²) in [5.74, 6) is 0. The molecule has 0 saturated heterocycles. The van der Waals surface area contributed by atoms with E-state index < -0.39 is 0 Å². The number of anilines is 3. The van der Waals surface area contributed by atoms with Crippen LogP contribution in [0.15, 0.2) is 127 Å². The highest BCUT2D eigenvalue weighted by molar-refractivity contribution is 7.25. The molecule has 0 radical (unpaired) electrons. The Bertz CT molecular complexity index is 2420. The number of thiophene rings is 1. The van der Waals surface area contributed by atoms with E-state index in [1.165, 1.54) is 94.6 Å². The Hall–Kier alpha value is -4.66. The van der Waals surface area contributed by atoms with E-state index in [0.717, 1.165) is 0 Å². The van der Waals surface area contributed by atoms with Crippen molar-refractivity contribution in [1.29, 1.82) is 0 Å². The number of rotatable bonds is 4. The van der Waals surface area contributed by atoms with Gasteiger partial charge in [-0.25, -0.2) is 0 Å². The second kappa shape index (κ2) is 10.7. The third kappa shape index (κ3) is 4.57. The van der Waals surface area contributed by atoms with E-state index in [1.54, 1.807) is 0 Å². The molecule has 1 heterocycles. The Morgan fingerprint density at radius 3 is 1.98 bits per heavy atom. The van der Waals surface area contributed by atoms with Crippen molar-refractivity contribution < 1.29 is 0 Å². The molecule has 6 aromatic carbocycles. The minimum atomic E-state index is -0.119. The van der Waals surface area contributed by atoms with Gasteiger partial charge in [0, 0.05) is 42.5 Å². The molecule has 242 valence electrons. The Kier molecular flexibility index (Phi) is 6.62. The molecule has 49 heavy (non-hydrogen) atoms. The number of hydrogen-bond acceptors (Lipinski definition) is 2. The van der Waals surface area contributed by atoms with Crippen LogP contribution in [-0.4, -0.2) is 0 Å². The Labute approximate surface area is 294 Å². The lowest BCUT2D eigenvalue weighted by atomic mass is 9.61. The molecule has 9 rings (SSSR count). The molecule has 0 spiro atoms. The first-order chi connectivity index (χ1) is 23.5. The topological polar surface area (TPSA) is 3.24 Å². The second-order valence-electron chi connectivity index (χ2n) is 16.0. The third-order valence-corrected chi connectivity index (χ3v) is 12.9. The molecule has 2 aliphatic carbocycles. The van der Waals surface area contributed by atoms with Gasteiger partial charge in [0.15, 0.2) is 0 Å². The van der Waals surface area contributed by atoms with Gasteiger partial charge < -0.3 is 4.90 Å². The molecule has 0 atom stereocenters. The highest BCUT2D eigenvalue weighted by Gasteiger charge is 2.41. The number of hydrogen-bond donors (Lipinski definition) is 0. The van der Waals surface area contributed by atoms with Crippen LogP contribution in [0.5, 0.6) is 0 Å². The monoisotopic (exact) mass is 653 g/mol. The zero-order valence-corrected chi connectivity index (χ0v) is 30.2. The summed E-state index contributed by atoms with van der Waals surface area (Å²) in [6, 6.07) is 48.1. The van der Waals surface area contributed by atoms with Gasteiger partial charge in [-0.3, -0.25) is 0 Å². The normalized spacial score (nSPS) is 16.7. The number of para-hydroxylation sites is 1. The smallest absolute Gasteiger partial charge is 0.0543 e. The summed E-state index contributed by atoms with van der Waals surface area (Å²) in [6.45, 7) is 14.6. The molecule has 0 unspecified atom stereocenters. The third-order valence-electron chi connectivity index (χ3n) is 11.7. The molecule has 0 saturated carbocycles. The predicted molar refractivity (Wildman–Crippen MR) is 212 cm³/mol. The first-order valence-corrected chi connectivity index (χ1v) is 18.6. The van der Waals surface area contributed by atoms with Crippen molar-refractivity contribution in [3.8, 4) is 22.3 Å².